The number of hydrogen-bond acceptors (Lipinski definition) is 7. The molecule has 0 amide bonds. The maximum atomic E-state index is 11.3. The fourth-order valence-electron chi connectivity index (χ4n) is 2.81. The molecule has 0 aromatic carbocycles. The van der Waals surface area contributed by atoms with Gasteiger partial charge < -0.3 is 15.5 Å². The van der Waals surface area contributed by atoms with E-state index in [1.807, 2.05) is 11.6 Å². The van der Waals surface area contributed by atoms with Gasteiger partial charge in [-0.05, 0) is 26.2 Å². The molecule has 0 atom stereocenters. The van der Waals surface area contributed by atoms with Gasteiger partial charge in [0.25, 0.3) is 0 Å². The molecule has 7 nitrogen and oxygen atoms in total. The normalized spacial score (nSPS) is 16.6. The Morgan fingerprint density at radius 3 is 2.79 bits per heavy atom. The Kier molecular flexibility index (Phi) is 13.0. The van der Waals surface area contributed by atoms with Crippen LogP contribution in [0.15, 0.2) is 20.9 Å². The fourth-order valence-corrected chi connectivity index (χ4v) is 5.03. The van der Waals surface area contributed by atoms with E-state index in [0.717, 1.165) is 61.5 Å². The predicted molar refractivity (Wildman–Crippen MR) is 131 cm³/mol. The molecule has 0 spiro atoms. The molecule has 162 valence electrons. The van der Waals surface area contributed by atoms with E-state index in [-0.39, 0.29) is 29.7 Å². The van der Waals surface area contributed by atoms with Gasteiger partial charge in [-0.1, -0.05) is 11.8 Å². The van der Waals surface area contributed by atoms with E-state index in [1.54, 1.807) is 23.1 Å². The molecular weight excluding hydrogens is 529 g/mol. The zero-order valence-electron chi connectivity index (χ0n) is 16.6. The summed E-state index contributed by atoms with van der Waals surface area (Å²) in [6.45, 7) is 6.20. The second-order valence-corrected chi connectivity index (χ2v) is 11.1. The van der Waals surface area contributed by atoms with Crippen LogP contribution in [0, 0.1) is 0 Å². The molecule has 1 aromatic heterocycles. The smallest absolute Gasteiger partial charge is 0.191 e. The summed E-state index contributed by atoms with van der Waals surface area (Å²) in [5.41, 5.74) is 0. The number of piperidine rings is 1. The molecule has 0 aliphatic carbocycles. The number of aliphatic imine (C=N–C) groups is 1. The van der Waals surface area contributed by atoms with Gasteiger partial charge in [0, 0.05) is 62.4 Å². The Balaban J connectivity index is 0.00000392. The van der Waals surface area contributed by atoms with Crippen molar-refractivity contribution < 1.29 is 8.42 Å². The number of aromatic nitrogens is 1. The van der Waals surface area contributed by atoms with Crippen molar-refractivity contribution in [2.24, 2.45) is 4.99 Å². The molecule has 1 aliphatic rings. The number of hydrogen-bond donors (Lipinski definition) is 2. The van der Waals surface area contributed by atoms with Crippen molar-refractivity contribution in [2.45, 2.75) is 36.6 Å². The number of nitrogens with one attached hydrogen (secondary N) is 2. The molecule has 1 saturated heterocycles. The maximum absolute atomic E-state index is 11.3. The molecule has 2 rings (SSSR count). The van der Waals surface area contributed by atoms with Crippen molar-refractivity contribution in [3.8, 4) is 0 Å². The fraction of sp³-hybridized carbons (Fsp3) is 0.765. The van der Waals surface area contributed by atoms with Gasteiger partial charge in [0.2, 0.25) is 0 Å². The number of guanidine groups is 1. The van der Waals surface area contributed by atoms with Gasteiger partial charge in [-0.25, -0.2) is 13.4 Å². The monoisotopic (exact) mass is 561 g/mol. The van der Waals surface area contributed by atoms with Gasteiger partial charge >= 0.3 is 0 Å². The first-order valence-corrected chi connectivity index (χ1v) is 13.4. The van der Waals surface area contributed by atoms with Crippen LogP contribution >= 0.6 is 47.1 Å². The third-order valence-electron chi connectivity index (χ3n) is 4.26. The van der Waals surface area contributed by atoms with Crippen LogP contribution in [0.5, 0.6) is 0 Å². The van der Waals surface area contributed by atoms with Crippen LogP contribution in [-0.4, -0.2) is 80.8 Å². The number of likely N-dealkylation sites (tertiary alicyclic amines) is 1. The van der Waals surface area contributed by atoms with Gasteiger partial charge in [0.1, 0.15) is 14.2 Å². The number of rotatable bonds is 10. The first kappa shape index (κ1) is 25.9. The summed E-state index contributed by atoms with van der Waals surface area (Å²) in [6.07, 6.45) is 6.17. The highest BCUT2D eigenvalue weighted by Crippen LogP contribution is 2.20. The average molecular weight is 562 g/mol. The molecule has 1 fully saturated rings. The van der Waals surface area contributed by atoms with Gasteiger partial charge in [0.15, 0.2) is 5.96 Å². The van der Waals surface area contributed by atoms with Crippen LogP contribution < -0.4 is 10.6 Å². The third-order valence-corrected chi connectivity index (χ3v) is 7.23. The lowest BCUT2D eigenvalue weighted by molar-refractivity contribution is 0.216. The second-order valence-electron chi connectivity index (χ2n) is 6.65. The number of thioether (sulfide) groups is 1. The summed E-state index contributed by atoms with van der Waals surface area (Å²) in [6, 6.07) is 0.391. The van der Waals surface area contributed by atoms with E-state index in [2.05, 4.69) is 32.4 Å². The van der Waals surface area contributed by atoms with Crippen LogP contribution in [0.3, 0.4) is 0 Å². The Bertz CT molecular complexity index is 662. The molecule has 0 saturated carbocycles. The summed E-state index contributed by atoms with van der Waals surface area (Å²) < 4.78 is 23.7. The van der Waals surface area contributed by atoms with Crippen molar-refractivity contribution >= 4 is 62.9 Å². The molecule has 1 aromatic rings. The summed E-state index contributed by atoms with van der Waals surface area (Å²) >= 11 is 3.46. The molecule has 2 heterocycles. The molecule has 0 unspecified atom stereocenters. The molecule has 11 heteroatoms. The van der Waals surface area contributed by atoms with E-state index in [4.69, 9.17) is 0 Å². The number of thiazole rings is 1. The van der Waals surface area contributed by atoms with E-state index in [1.165, 1.54) is 6.26 Å². The van der Waals surface area contributed by atoms with Crippen molar-refractivity contribution in [1.82, 2.24) is 20.5 Å². The topological polar surface area (TPSA) is 86.7 Å². The van der Waals surface area contributed by atoms with Crippen molar-refractivity contribution in [3.05, 3.63) is 11.6 Å². The summed E-state index contributed by atoms with van der Waals surface area (Å²) in [7, 11) is -2.88. The quantitative estimate of drug-likeness (QED) is 0.149. The minimum absolute atomic E-state index is 0. The van der Waals surface area contributed by atoms with Crippen molar-refractivity contribution in [1.29, 1.82) is 0 Å². The molecule has 28 heavy (non-hydrogen) atoms. The summed E-state index contributed by atoms with van der Waals surface area (Å²) in [4.78, 5) is 11.2. The largest absolute Gasteiger partial charge is 0.357 e. The Labute approximate surface area is 194 Å². The minimum Gasteiger partial charge on any atom is -0.357 e. The summed E-state index contributed by atoms with van der Waals surface area (Å²) in [5, 5.41) is 8.85. The standard InChI is InChI=1S/C17H31N5O2S3.HI/c1-3-18-16(19-7-4-12-25-17-20-8-13-26-17)21-15-5-9-22(10-6-15)11-14-27(2,23)24;/h8,13,15H,3-7,9-12,14H2,1-2H3,(H2,18,19,21);1H. The van der Waals surface area contributed by atoms with Gasteiger partial charge in [0.05, 0.1) is 5.75 Å². The second kappa shape index (κ2) is 14.0. The zero-order valence-corrected chi connectivity index (χ0v) is 21.4. The zero-order chi connectivity index (χ0) is 19.5. The van der Waals surface area contributed by atoms with Crippen LogP contribution in [-0.2, 0) is 9.84 Å². The number of halogens is 1. The van der Waals surface area contributed by atoms with Crippen molar-refractivity contribution in [3.63, 3.8) is 0 Å². The number of nitrogens with zero attached hydrogens (tertiary/aromatic N) is 3. The van der Waals surface area contributed by atoms with Gasteiger partial charge in [-0.15, -0.1) is 35.3 Å². The Morgan fingerprint density at radius 2 is 2.18 bits per heavy atom. The van der Waals surface area contributed by atoms with Gasteiger partial charge in [-0.2, -0.15) is 0 Å². The lowest BCUT2D eigenvalue weighted by atomic mass is 10.1. The molecule has 2 N–H and O–H groups in total. The maximum Gasteiger partial charge on any atom is 0.191 e. The van der Waals surface area contributed by atoms with Crippen LogP contribution in [0.1, 0.15) is 26.2 Å². The highest BCUT2D eigenvalue weighted by molar-refractivity contribution is 14.0. The predicted octanol–water partition coefficient (Wildman–Crippen LogP) is 2.31. The molecule has 1 aliphatic heterocycles. The lowest BCUT2D eigenvalue weighted by Gasteiger charge is -2.32. The van der Waals surface area contributed by atoms with E-state index in [9.17, 15) is 8.42 Å². The molecular formula is C17H32IN5O2S3. The average Bonchev–Trinajstić information content (AvgIpc) is 3.14. The Morgan fingerprint density at radius 1 is 1.43 bits per heavy atom. The van der Waals surface area contributed by atoms with Crippen LogP contribution in [0.4, 0.5) is 0 Å². The van der Waals surface area contributed by atoms with E-state index < -0.39 is 9.84 Å². The third kappa shape index (κ3) is 11.2. The lowest BCUT2D eigenvalue weighted by Crippen LogP contribution is -2.49. The van der Waals surface area contributed by atoms with Crippen molar-refractivity contribution in [2.75, 3.05) is 50.5 Å². The first-order valence-electron chi connectivity index (χ1n) is 9.43. The minimum atomic E-state index is -2.88. The SMILES string of the molecule is CCNC(=NCCCSc1nccs1)NC1CCN(CCS(C)(=O)=O)CC1.I. The highest BCUT2D eigenvalue weighted by atomic mass is 127. The van der Waals surface area contributed by atoms with E-state index in [0.29, 0.717) is 12.6 Å². The molecule has 0 bridgehead atoms. The highest BCUT2D eigenvalue weighted by Gasteiger charge is 2.20. The van der Waals surface area contributed by atoms with E-state index >= 15 is 0 Å². The Hall–Kier alpha value is -0.110. The number of sulfone groups is 1. The van der Waals surface area contributed by atoms with Crippen LogP contribution in [0.25, 0.3) is 0 Å². The molecule has 0 radical (unpaired) electrons. The van der Waals surface area contributed by atoms with Crippen LogP contribution in [0.2, 0.25) is 0 Å². The van der Waals surface area contributed by atoms with Gasteiger partial charge in [-0.3, -0.25) is 4.99 Å². The summed E-state index contributed by atoms with van der Waals surface area (Å²) in [5.74, 6) is 2.15. The first-order chi connectivity index (χ1) is 13.0.